The fourth-order valence-corrected chi connectivity index (χ4v) is 2.66. The molecule has 2 rings (SSSR count). The van der Waals surface area contributed by atoms with E-state index in [1.165, 1.54) is 12.1 Å². The Labute approximate surface area is 171 Å². The summed E-state index contributed by atoms with van der Waals surface area (Å²) in [5.41, 5.74) is 1.23. The van der Waals surface area contributed by atoms with Gasteiger partial charge in [-0.2, -0.15) is 0 Å². The zero-order valence-corrected chi connectivity index (χ0v) is 17.2. The van der Waals surface area contributed by atoms with E-state index in [9.17, 15) is 14.7 Å². The molecular weight excluding hydrogens is 370 g/mol. The largest absolute Gasteiger partial charge is 0.508 e. The number of amides is 1. The van der Waals surface area contributed by atoms with Crippen LogP contribution in [-0.4, -0.2) is 36.2 Å². The number of phenolic OH excluding ortho intramolecular Hbond substituents is 1. The fourth-order valence-electron chi connectivity index (χ4n) is 2.66. The van der Waals surface area contributed by atoms with Crippen LogP contribution in [0.1, 0.15) is 43.1 Å². The molecule has 1 amide bonds. The molecule has 0 aliphatic heterocycles. The van der Waals surface area contributed by atoms with Crippen molar-refractivity contribution in [2.24, 2.45) is 5.92 Å². The molecule has 0 aliphatic rings. The van der Waals surface area contributed by atoms with Crippen LogP contribution >= 0.6 is 0 Å². The first-order valence-corrected chi connectivity index (χ1v) is 9.87. The lowest BCUT2D eigenvalue weighted by Gasteiger charge is -2.18. The third-order valence-electron chi connectivity index (χ3n) is 4.33. The molecule has 6 nitrogen and oxygen atoms in total. The molecule has 0 spiro atoms. The molecule has 0 bridgehead atoms. The van der Waals surface area contributed by atoms with E-state index in [-0.39, 0.29) is 24.7 Å². The molecule has 2 aromatic rings. The van der Waals surface area contributed by atoms with Crippen molar-refractivity contribution in [2.75, 3.05) is 13.2 Å². The summed E-state index contributed by atoms with van der Waals surface area (Å²) in [4.78, 5) is 24.9. The van der Waals surface area contributed by atoms with E-state index in [0.717, 1.165) is 12.0 Å². The normalized spacial score (nSPS) is 11.7. The number of carbonyl (C=O) groups excluding carboxylic acids is 2. The molecule has 0 aliphatic carbocycles. The van der Waals surface area contributed by atoms with Crippen molar-refractivity contribution >= 4 is 11.9 Å². The maximum atomic E-state index is 12.6. The summed E-state index contributed by atoms with van der Waals surface area (Å²) in [5.74, 6) is 0.543. The second kappa shape index (κ2) is 11.1. The summed E-state index contributed by atoms with van der Waals surface area (Å²) >= 11 is 0. The Kier molecular flexibility index (Phi) is 8.52. The van der Waals surface area contributed by atoms with Crippen LogP contribution in [0, 0.1) is 5.92 Å². The van der Waals surface area contributed by atoms with Gasteiger partial charge in [-0.05, 0) is 61.2 Å². The first kappa shape index (κ1) is 22.3. The smallest absolute Gasteiger partial charge is 0.328 e. The highest BCUT2D eigenvalue weighted by Gasteiger charge is 2.23. The minimum Gasteiger partial charge on any atom is -0.508 e. The fraction of sp³-hybridized carbons (Fsp3) is 0.391. The number of nitrogens with one attached hydrogen (secondary N) is 1. The van der Waals surface area contributed by atoms with Crippen molar-refractivity contribution in [2.45, 2.75) is 39.7 Å². The van der Waals surface area contributed by atoms with E-state index in [2.05, 4.69) is 19.2 Å². The number of rotatable bonds is 10. The van der Waals surface area contributed by atoms with E-state index in [4.69, 9.17) is 9.47 Å². The van der Waals surface area contributed by atoms with Gasteiger partial charge in [-0.25, -0.2) is 4.79 Å². The molecule has 2 N–H and O–H groups in total. The summed E-state index contributed by atoms with van der Waals surface area (Å²) in [7, 11) is 0. The molecule has 1 atom stereocenters. The molecular formula is C23H29NO5. The van der Waals surface area contributed by atoms with Crippen molar-refractivity contribution in [1.82, 2.24) is 5.32 Å². The molecule has 6 heteroatoms. The Morgan fingerprint density at radius 1 is 1.03 bits per heavy atom. The molecule has 156 valence electrons. The molecule has 0 radical (unpaired) electrons. The summed E-state index contributed by atoms with van der Waals surface area (Å²) in [6.45, 7) is 6.84. The first-order chi connectivity index (χ1) is 13.9. The highest BCUT2D eigenvalue weighted by atomic mass is 16.5. The minimum atomic E-state index is -0.825. The Morgan fingerprint density at radius 3 is 2.28 bits per heavy atom. The standard InChI is InChI=1S/C23H29NO5/c1-4-28-23(27)21(15-17-5-9-19(25)10-6-17)24-22(26)18-7-11-20(12-8-18)29-14-13-16(2)3/h5-12,16,21,25H,4,13-15H2,1-3H3,(H,24,26)/t21-/m0/s1. The van der Waals surface area contributed by atoms with E-state index in [0.29, 0.717) is 23.8 Å². The van der Waals surface area contributed by atoms with Crippen LogP contribution in [0.4, 0.5) is 0 Å². The molecule has 0 saturated heterocycles. The van der Waals surface area contributed by atoms with Crippen LogP contribution in [0.3, 0.4) is 0 Å². The molecule has 2 aromatic carbocycles. The van der Waals surface area contributed by atoms with Gasteiger partial charge in [-0.3, -0.25) is 4.79 Å². The third kappa shape index (κ3) is 7.49. The van der Waals surface area contributed by atoms with Crippen molar-refractivity contribution < 1.29 is 24.2 Å². The number of ether oxygens (including phenoxy) is 2. The van der Waals surface area contributed by atoms with Gasteiger partial charge in [-0.1, -0.05) is 26.0 Å². The van der Waals surface area contributed by atoms with Crippen molar-refractivity contribution in [3.8, 4) is 11.5 Å². The zero-order valence-electron chi connectivity index (χ0n) is 17.2. The van der Waals surface area contributed by atoms with Crippen molar-refractivity contribution in [3.05, 3.63) is 59.7 Å². The van der Waals surface area contributed by atoms with Crippen LogP contribution in [0.5, 0.6) is 11.5 Å². The molecule has 0 unspecified atom stereocenters. The molecule has 29 heavy (non-hydrogen) atoms. The lowest BCUT2D eigenvalue weighted by atomic mass is 10.0. The quantitative estimate of drug-likeness (QED) is 0.595. The average molecular weight is 399 g/mol. The summed E-state index contributed by atoms with van der Waals surface area (Å²) in [6.07, 6.45) is 1.22. The van der Waals surface area contributed by atoms with Gasteiger partial charge in [0.05, 0.1) is 13.2 Å². The van der Waals surface area contributed by atoms with Crippen LogP contribution in [0.15, 0.2) is 48.5 Å². The summed E-state index contributed by atoms with van der Waals surface area (Å²) in [5, 5.41) is 12.2. The predicted molar refractivity (Wildman–Crippen MR) is 111 cm³/mol. The van der Waals surface area contributed by atoms with E-state index in [1.54, 1.807) is 43.3 Å². The highest BCUT2D eigenvalue weighted by molar-refractivity contribution is 5.96. The Balaban J connectivity index is 2.02. The lowest BCUT2D eigenvalue weighted by molar-refractivity contribution is -0.145. The minimum absolute atomic E-state index is 0.140. The average Bonchev–Trinajstić information content (AvgIpc) is 2.69. The highest BCUT2D eigenvalue weighted by Crippen LogP contribution is 2.15. The Bertz CT molecular complexity index is 784. The van der Waals surface area contributed by atoms with Gasteiger partial charge >= 0.3 is 5.97 Å². The topological polar surface area (TPSA) is 84.9 Å². The summed E-state index contributed by atoms with van der Waals surface area (Å²) in [6, 6.07) is 12.5. The predicted octanol–water partition coefficient (Wildman–Crippen LogP) is 3.72. The summed E-state index contributed by atoms with van der Waals surface area (Å²) < 4.78 is 10.8. The monoisotopic (exact) mass is 399 g/mol. The van der Waals surface area contributed by atoms with Crippen molar-refractivity contribution in [3.63, 3.8) is 0 Å². The zero-order chi connectivity index (χ0) is 21.2. The number of benzene rings is 2. The van der Waals surface area contributed by atoms with Gasteiger partial charge in [0.15, 0.2) is 0 Å². The number of hydrogen-bond acceptors (Lipinski definition) is 5. The van der Waals surface area contributed by atoms with Gasteiger partial charge < -0.3 is 19.9 Å². The SMILES string of the molecule is CCOC(=O)[C@H](Cc1ccc(O)cc1)NC(=O)c1ccc(OCCC(C)C)cc1. The van der Waals surface area contributed by atoms with Crippen LogP contribution in [0.2, 0.25) is 0 Å². The maximum absolute atomic E-state index is 12.6. The van der Waals surface area contributed by atoms with Crippen molar-refractivity contribution in [1.29, 1.82) is 0 Å². The maximum Gasteiger partial charge on any atom is 0.328 e. The second-order valence-electron chi connectivity index (χ2n) is 7.20. The van der Waals surface area contributed by atoms with Gasteiger partial charge in [0.1, 0.15) is 17.5 Å². The van der Waals surface area contributed by atoms with E-state index >= 15 is 0 Å². The number of esters is 1. The number of aromatic hydroxyl groups is 1. The molecule has 0 heterocycles. The van der Waals surface area contributed by atoms with Crippen LogP contribution in [0.25, 0.3) is 0 Å². The Morgan fingerprint density at radius 2 is 1.69 bits per heavy atom. The van der Waals surface area contributed by atoms with Crippen LogP contribution < -0.4 is 10.1 Å². The number of hydrogen-bond donors (Lipinski definition) is 2. The first-order valence-electron chi connectivity index (χ1n) is 9.87. The Hall–Kier alpha value is -3.02. The van der Waals surface area contributed by atoms with Gasteiger partial charge in [0.25, 0.3) is 5.91 Å². The van der Waals surface area contributed by atoms with Gasteiger partial charge in [0, 0.05) is 12.0 Å². The molecule has 0 aromatic heterocycles. The number of carbonyl (C=O) groups is 2. The number of phenols is 1. The van der Waals surface area contributed by atoms with Gasteiger partial charge in [-0.15, -0.1) is 0 Å². The van der Waals surface area contributed by atoms with Gasteiger partial charge in [0.2, 0.25) is 0 Å². The van der Waals surface area contributed by atoms with E-state index in [1.807, 2.05) is 0 Å². The second-order valence-corrected chi connectivity index (χ2v) is 7.20. The lowest BCUT2D eigenvalue weighted by Crippen LogP contribution is -2.43. The van der Waals surface area contributed by atoms with Crippen LogP contribution in [-0.2, 0) is 16.0 Å². The molecule has 0 saturated carbocycles. The molecule has 0 fully saturated rings. The van der Waals surface area contributed by atoms with E-state index < -0.39 is 12.0 Å². The third-order valence-corrected chi connectivity index (χ3v) is 4.33.